The SMILES string of the molecule is CCOC(=O)c1cc(NC(=O)COc2ccc(/C=C3/SC(=S)N(C)C3=O)cc2)ccc1Cl. The summed E-state index contributed by atoms with van der Waals surface area (Å²) in [6.45, 7) is 1.68. The Morgan fingerprint density at radius 3 is 2.56 bits per heavy atom. The van der Waals surface area contributed by atoms with Crippen LogP contribution in [0.1, 0.15) is 22.8 Å². The molecule has 0 saturated carbocycles. The fourth-order valence-corrected chi connectivity index (χ4v) is 4.05. The van der Waals surface area contributed by atoms with E-state index in [4.69, 9.17) is 33.3 Å². The van der Waals surface area contributed by atoms with Gasteiger partial charge in [0, 0.05) is 12.7 Å². The number of rotatable bonds is 7. The van der Waals surface area contributed by atoms with Gasteiger partial charge in [-0.05, 0) is 48.9 Å². The molecule has 1 aliphatic heterocycles. The third kappa shape index (κ3) is 5.87. The largest absolute Gasteiger partial charge is 0.484 e. The number of benzene rings is 2. The van der Waals surface area contributed by atoms with Crippen LogP contribution < -0.4 is 10.1 Å². The lowest BCUT2D eigenvalue weighted by Crippen LogP contribution is -2.22. The number of anilines is 1. The highest BCUT2D eigenvalue weighted by Crippen LogP contribution is 2.31. The van der Waals surface area contributed by atoms with Crippen molar-refractivity contribution in [3.8, 4) is 5.75 Å². The summed E-state index contributed by atoms with van der Waals surface area (Å²) in [5.41, 5.74) is 1.38. The minimum atomic E-state index is -0.564. The number of esters is 1. The van der Waals surface area contributed by atoms with E-state index in [0.717, 1.165) is 5.56 Å². The van der Waals surface area contributed by atoms with Crippen LogP contribution >= 0.6 is 35.6 Å². The number of carbonyl (C=O) groups excluding carboxylic acids is 3. The maximum Gasteiger partial charge on any atom is 0.339 e. The molecule has 10 heteroatoms. The van der Waals surface area contributed by atoms with E-state index in [-0.39, 0.29) is 29.7 Å². The lowest BCUT2D eigenvalue weighted by atomic mass is 10.2. The van der Waals surface area contributed by atoms with Crippen molar-refractivity contribution in [3.05, 3.63) is 63.5 Å². The molecular weight excluding hydrogens is 472 g/mol. The van der Waals surface area contributed by atoms with Crippen LogP contribution in [-0.4, -0.2) is 47.3 Å². The van der Waals surface area contributed by atoms with Gasteiger partial charge in [0.05, 0.1) is 22.1 Å². The Balaban J connectivity index is 1.56. The number of hydrogen-bond donors (Lipinski definition) is 1. The number of amides is 2. The maximum absolute atomic E-state index is 12.2. The molecule has 1 saturated heterocycles. The van der Waals surface area contributed by atoms with Gasteiger partial charge >= 0.3 is 5.97 Å². The van der Waals surface area contributed by atoms with E-state index in [9.17, 15) is 14.4 Å². The second-order valence-corrected chi connectivity index (χ2v) is 8.64. The molecule has 0 unspecified atom stereocenters. The number of thiocarbonyl (C=S) groups is 1. The molecule has 1 aliphatic rings. The van der Waals surface area contributed by atoms with Gasteiger partial charge in [0.1, 0.15) is 10.1 Å². The summed E-state index contributed by atoms with van der Waals surface area (Å²) in [5, 5.41) is 2.89. The van der Waals surface area contributed by atoms with Gasteiger partial charge < -0.3 is 14.8 Å². The highest BCUT2D eigenvalue weighted by Gasteiger charge is 2.28. The van der Waals surface area contributed by atoms with Crippen molar-refractivity contribution in [2.24, 2.45) is 0 Å². The van der Waals surface area contributed by atoms with Crippen molar-refractivity contribution >= 4 is 69.4 Å². The fourth-order valence-electron chi connectivity index (χ4n) is 2.67. The van der Waals surface area contributed by atoms with E-state index in [1.807, 2.05) is 0 Å². The highest BCUT2D eigenvalue weighted by molar-refractivity contribution is 8.26. The Hall–Kier alpha value is -2.88. The van der Waals surface area contributed by atoms with Gasteiger partial charge in [-0.25, -0.2) is 4.79 Å². The van der Waals surface area contributed by atoms with Crippen molar-refractivity contribution < 1.29 is 23.9 Å². The van der Waals surface area contributed by atoms with E-state index < -0.39 is 11.9 Å². The van der Waals surface area contributed by atoms with Crippen LogP contribution in [0.25, 0.3) is 6.08 Å². The van der Waals surface area contributed by atoms with Crippen LogP contribution in [-0.2, 0) is 14.3 Å². The Morgan fingerprint density at radius 1 is 1.22 bits per heavy atom. The monoisotopic (exact) mass is 490 g/mol. The predicted octanol–water partition coefficient (Wildman–Crippen LogP) is 4.37. The zero-order valence-corrected chi connectivity index (χ0v) is 19.6. The molecule has 0 radical (unpaired) electrons. The van der Waals surface area contributed by atoms with Crippen LogP contribution in [0.3, 0.4) is 0 Å². The summed E-state index contributed by atoms with van der Waals surface area (Å²) >= 11 is 12.4. The number of carbonyl (C=O) groups is 3. The Labute approximate surface area is 199 Å². The first kappa shape index (κ1) is 23.8. The maximum atomic E-state index is 12.2. The predicted molar refractivity (Wildman–Crippen MR) is 129 cm³/mol. The molecule has 2 aromatic rings. The Kier molecular flexibility index (Phi) is 7.89. The number of likely N-dealkylation sites (N-methyl/N-ethyl adjacent to an activating group) is 1. The zero-order valence-electron chi connectivity index (χ0n) is 17.2. The summed E-state index contributed by atoms with van der Waals surface area (Å²) in [4.78, 5) is 38.2. The number of nitrogens with one attached hydrogen (secondary N) is 1. The van der Waals surface area contributed by atoms with Gasteiger partial charge in [0.25, 0.3) is 11.8 Å². The Bertz CT molecular complexity index is 1100. The van der Waals surface area contributed by atoms with Crippen LogP contribution in [0.5, 0.6) is 5.75 Å². The molecule has 3 rings (SSSR count). The quantitative estimate of drug-likeness (QED) is 0.350. The average Bonchev–Trinajstić information content (AvgIpc) is 3.01. The lowest BCUT2D eigenvalue weighted by molar-refractivity contribution is -0.121. The second kappa shape index (κ2) is 10.6. The fraction of sp³-hybridized carbons (Fsp3) is 0.182. The zero-order chi connectivity index (χ0) is 23.3. The molecule has 1 fully saturated rings. The van der Waals surface area contributed by atoms with E-state index >= 15 is 0 Å². The molecule has 0 atom stereocenters. The molecule has 0 bridgehead atoms. The third-order valence-corrected chi connectivity index (χ3v) is 6.09. The van der Waals surface area contributed by atoms with Crippen molar-refractivity contribution in [1.82, 2.24) is 4.90 Å². The molecule has 7 nitrogen and oxygen atoms in total. The van der Waals surface area contributed by atoms with Gasteiger partial charge in [0.15, 0.2) is 6.61 Å². The van der Waals surface area contributed by atoms with Crippen LogP contribution in [0, 0.1) is 0 Å². The molecule has 0 aromatic heterocycles. The Morgan fingerprint density at radius 2 is 1.94 bits per heavy atom. The minimum absolute atomic E-state index is 0.134. The summed E-state index contributed by atoms with van der Waals surface area (Å²) < 4.78 is 11.0. The van der Waals surface area contributed by atoms with Crippen molar-refractivity contribution in [2.45, 2.75) is 6.92 Å². The summed E-state index contributed by atoms with van der Waals surface area (Å²) in [6, 6.07) is 11.5. The minimum Gasteiger partial charge on any atom is -0.484 e. The van der Waals surface area contributed by atoms with E-state index in [1.54, 1.807) is 50.4 Å². The first-order chi connectivity index (χ1) is 15.3. The van der Waals surface area contributed by atoms with E-state index in [2.05, 4.69) is 5.32 Å². The van der Waals surface area contributed by atoms with Crippen LogP contribution in [0.4, 0.5) is 5.69 Å². The van der Waals surface area contributed by atoms with Gasteiger partial charge in [-0.2, -0.15) is 0 Å². The van der Waals surface area contributed by atoms with E-state index in [1.165, 1.54) is 28.8 Å². The molecule has 1 N–H and O–H groups in total. The van der Waals surface area contributed by atoms with Gasteiger partial charge in [-0.15, -0.1) is 0 Å². The van der Waals surface area contributed by atoms with Crippen molar-refractivity contribution in [3.63, 3.8) is 0 Å². The normalized spacial score (nSPS) is 14.6. The highest BCUT2D eigenvalue weighted by atomic mass is 35.5. The standard InChI is InChI=1S/C22H19ClN2O5S2/c1-3-29-21(28)16-11-14(6-9-17(16)23)24-19(26)12-30-15-7-4-13(5-8-15)10-18-20(27)25(2)22(31)32-18/h4-11H,3,12H2,1-2H3,(H,24,26)/b18-10+. The van der Waals surface area contributed by atoms with Crippen LogP contribution in [0.15, 0.2) is 47.4 Å². The topological polar surface area (TPSA) is 84.9 Å². The van der Waals surface area contributed by atoms with Crippen LogP contribution in [0.2, 0.25) is 5.02 Å². The molecule has 32 heavy (non-hydrogen) atoms. The second-order valence-electron chi connectivity index (χ2n) is 6.56. The first-order valence-electron chi connectivity index (χ1n) is 9.49. The van der Waals surface area contributed by atoms with Gasteiger partial charge in [0.2, 0.25) is 0 Å². The van der Waals surface area contributed by atoms with Gasteiger partial charge in [-0.3, -0.25) is 14.5 Å². The molecule has 166 valence electrons. The summed E-state index contributed by atoms with van der Waals surface area (Å²) in [6.07, 6.45) is 1.75. The third-order valence-electron chi connectivity index (χ3n) is 4.28. The number of thioether (sulfide) groups is 1. The average molecular weight is 491 g/mol. The number of hydrogen-bond acceptors (Lipinski definition) is 7. The lowest BCUT2D eigenvalue weighted by Gasteiger charge is -2.10. The number of ether oxygens (including phenoxy) is 2. The number of nitrogens with zero attached hydrogens (tertiary/aromatic N) is 1. The summed E-state index contributed by atoms with van der Waals surface area (Å²) in [5.74, 6) is -0.613. The molecule has 0 aliphatic carbocycles. The summed E-state index contributed by atoms with van der Waals surface area (Å²) in [7, 11) is 1.64. The molecule has 2 amide bonds. The van der Waals surface area contributed by atoms with Gasteiger partial charge in [-0.1, -0.05) is 47.7 Å². The molecule has 2 aromatic carbocycles. The smallest absolute Gasteiger partial charge is 0.339 e. The van der Waals surface area contributed by atoms with E-state index in [0.29, 0.717) is 20.7 Å². The first-order valence-corrected chi connectivity index (χ1v) is 11.1. The molecular formula is C22H19ClN2O5S2. The van der Waals surface area contributed by atoms with Crippen molar-refractivity contribution in [2.75, 3.05) is 25.6 Å². The molecule has 1 heterocycles. The number of halogens is 1. The molecule has 0 spiro atoms. The van der Waals surface area contributed by atoms with Crippen molar-refractivity contribution in [1.29, 1.82) is 0 Å².